The van der Waals surface area contributed by atoms with Crippen molar-refractivity contribution in [2.45, 2.75) is 33.4 Å². The molecule has 0 spiro atoms. The first-order valence-electron chi connectivity index (χ1n) is 9.87. The van der Waals surface area contributed by atoms with E-state index < -0.39 is 0 Å². The summed E-state index contributed by atoms with van der Waals surface area (Å²) in [7, 11) is 5.96. The van der Waals surface area contributed by atoms with Crippen LogP contribution in [-0.4, -0.2) is 47.2 Å². The maximum absolute atomic E-state index is 12.9. The molecular formula is C23H29N3O3. The third-order valence-electron chi connectivity index (χ3n) is 4.70. The van der Waals surface area contributed by atoms with E-state index in [1.165, 1.54) is 0 Å². The smallest absolute Gasteiger partial charge is 0.340 e. The molecule has 0 atom stereocenters. The zero-order valence-corrected chi connectivity index (χ0v) is 18.0. The van der Waals surface area contributed by atoms with Gasteiger partial charge in [0.15, 0.2) is 0 Å². The van der Waals surface area contributed by atoms with Crippen LogP contribution in [0.15, 0.2) is 36.7 Å². The first-order chi connectivity index (χ1) is 13.8. The van der Waals surface area contributed by atoms with E-state index in [1.54, 1.807) is 6.20 Å². The Morgan fingerprint density at radius 3 is 2.62 bits per heavy atom. The number of carbonyl (C=O) groups excluding carboxylic acids is 1. The second-order valence-corrected chi connectivity index (χ2v) is 7.61. The van der Waals surface area contributed by atoms with Gasteiger partial charge in [0.2, 0.25) is 0 Å². The van der Waals surface area contributed by atoms with Crippen LogP contribution in [0.3, 0.4) is 0 Å². The lowest BCUT2D eigenvalue weighted by Crippen LogP contribution is -2.17. The largest absolute Gasteiger partial charge is 0.490 e. The number of hydrogen-bond donors (Lipinski definition) is 0. The Morgan fingerprint density at radius 1 is 1.28 bits per heavy atom. The molecule has 0 aliphatic rings. The number of rotatable bonds is 7. The molecule has 0 aliphatic carbocycles. The molecule has 2 heterocycles. The summed E-state index contributed by atoms with van der Waals surface area (Å²) in [5.41, 5.74) is 4.40. The Labute approximate surface area is 172 Å². The molecule has 29 heavy (non-hydrogen) atoms. The number of nitrogens with zero attached hydrogens (tertiary/aromatic N) is 3. The highest BCUT2D eigenvalue weighted by molar-refractivity contribution is 6.07. The van der Waals surface area contributed by atoms with Crippen molar-refractivity contribution in [3.05, 3.63) is 47.9 Å². The van der Waals surface area contributed by atoms with Crippen LogP contribution < -0.4 is 4.74 Å². The number of aromatic nitrogens is 2. The molecule has 0 saturated heterocycles. The molecule has 0 fully saturated rings. The van der Waals surface area contributed by atoms with Gasteiger partial charge in [0.05, 0.1) is 18.3 Å². The van der Waals surface area contributed by atoms with Gasteiger partial charge in [-0.1, -0.05) is 6.07 Å². The third-order valence-corrected chi connectivity index (χ3v) is 4.70. The number of fused-ring (bicyclic) bond motifs is 1. The quantitative estimate of drug-likeness (QED) is 0.559. The molecule has 0 aliphatic heterocycles. The van der Waals surface area contributed by atoms with Crippen molar-refractivity contribution >= 4 is 16.9 Å². The van der Waals surface area contributed by atoms with E-state index in [1.807, 2.05) is 71.2 Å². The van der Waals surface area contributed by atoms with Crippen molar-refractivity contribution in [1.29, 1.82) is 0 Å². The number of benzene rings is 1. The summed E-state index contributed by atoms with van der Waals surface area (Å²) in [6.07, 6.45) is 3.57. The minimum Gasteiger partial charge on any atom is -0.490 e. The molecule has 1 aromatic carbocycles. The maximum Gasteiger partial charge on any atom is 0.340 e. The van der Waals surface area contributed by atoms with Crippen LogP contribution >= 0.6 is 0 Å². The fraction of sp³-hybridized carbons (Fsp3) is 0.391. The fourth-order valence-electron chi connectivity index (χ4n) is 3.53. The average molecular weight is 396 g/mol. The Morgan fingerprint density at radius 2 is 2.03 bits per heavy atom. The number of esters is 1. The van der Waals surface area contributed by atoms with Gasteiger partial charge < -0.3 is 18.9 Å². The van der Waals surface area contributed by atoms with E-state index in [2.05, 4.69) is 15.6 Å². The lowest BCUT2D eigenvalue weighted by atomic mass is 10.0. The molecule has 3 aromatic rings. The van der Waals surface area contributed by atoms with Crippen molar-refractivity contribution in [3.8, 4) is 16.9 Å². The topological polar surface area (TPSA) is 56.6 Å². The second-order valence-electron chi connectivity index (χ2n) is 7.61. The summed E-state index contributed by atoms with van der Waals surface area (Å²) in [5.74, 6) is 0.424. The standard InChI is InChI=1S/C23H29N3O3/c1-7-28-23(27)22-18-12-21(29-15(2)3)17(16-9-8-10-24-13-16)11-19(18)26(6)20(22)14-25(4)5/h8-13,15H,7,14H2,1-6H3. The van der Waals surface area contributed by atoms with Crippen LogP contribution in [0.1, 0.15) is 36.8 Å². The highest BCUT2D eigenvalue weighted by Gasteiger charge is 2.25. The van der Waals surface area contributed by atoms with E-state index in [9.17, 15) is 4.79 Å². The van der Waals surface area contributed by atoms with Crippen molar-refractivity contribution < 1.29 is 14.3 Å². The predicted molar refractivity (Wildman–Crippen MR) is 115 cm³/mol. The van der Waals surface area contributed by atoms with Crippen LogP contribution in [0.4, 0.5) is 0 Å². The van der Waals surface area contributed by atoms with Crippen LogP contribution in [-0.2, 0) is 18.3 Å². The Bertz CT molecular complexity index is 1010. The molecule has 0 unspecified atom stereocenters. The van der Waals surface area contributed by atoms with Gasteiger partial charge in [-0.25, -0.2) is 4.79 Å². The lowest BCUT2D eigenvalue weighted by Gasteiger charge is -2.15. The summed E-state index contributed by atoms with van der Waals surface area (Å²) in [6.45, 7) is 6.77. The minimum absolute atomic E-state index is 0.00104. The van der Waals surface area contributed by atoms with Gasteiger partial charge in [0.1, 0.15) is 5.75 Å². The molecule has 0 radical (unpaired) electrons. The molecule has 0 N–H and O–H groups in total. The first kappa shape index (κ1) is 20.9. The van der Waals surface area contributed by atoms with E-state index in [0.29, 0.717) is 18.7 Å². The predicted octanol–water partition coefficient (Wildman–Crippen LogP) is 4.27. The van der Waals surface area contributed by atoms with E-state index in [-0.39, 0.29) is 12.1 Å². The highest BCUT2D eigenvalue weighted by Crippen LogP contribution is 2.38. The van der Waals surface area contributed by atoms with E-state index in [0.717, 1.165) is 33.5 Å². The van der Waals surface area contributed by atoms with Gasteiger partial charge in [-0.15, -0.1) is 0 Å². The molecule has 3 rings (SSSR count). The number of pyridine rings is 1. The number of ether oxygens (including phenoxy) is 2. The summed E-state index contributed by atoms with van der Waals surface area (Å²) >= 11 is 0. The van der Waals surface area contributed by atoms with Gasteiger partial charge in [0.25, 0.3) is 0 Å². The van der Waals surface area contributed by atoms with Gasteiger partial charge >= 0.3 is 5.97 Å². The molecule has 0 saturated carbocycles. The Kier molecular flexibility index (Phi) is 6.23. The molecular weight excluding hydrogens is 366 g/mol. The van der Waals surface area contributed by atoms with Gasteiger partial charge in [-0.05, 0) is 53.1 Å². The molecule has 2 aromatic heterocycles. The zero-order chi connectivity index (χ0) is 21.1. The van der Waals surface area contributed by atoms with Crippen LogP contribution in [0.25, 0.3) is 22.0 Å². The summed E-state index contributed by atoms with van der Waals surface area (Å²) in [6, 6.07) is 7.96. The molecule has 6 heteroatoms. The number of hydrogen-bond acceptors (Lipinski definition) is 5. The van der Waals surface area contributed by atoms with Gasteiger partial charge in [-0.3, -0.25) is 4.98 Å². The van der Waals surface area contributed by atoms with Crippen LogP contribution in [0, 0.1) is 0 Å². The van der Waals surface area contributed by atoms with Crippen LogP contribution in [0.5, 0.6) is 5.75 Å². The summed E-state index contributed by atoms with van der Waals surface area (Å²) in [5, 5.41) is 0.839. The highest BCUT2D eigenvalue weighted by atomic mass is 16.5. The third kappa shape index (κ3) is 4.27. The minimum atomic E-state index is -0.306. The van der Waals surface area contributed by atoms with Gasteiger partial charge in [-0.2, -0.15) is 0 Å². The normalized spacial score (nSPS) is 11.4. The number of aryl methyl sites for hydroxylation is 1. The fourth-order valence-corrected chi connectivity index (χ4v) is 3.53. The Balaban J connectivity index is 2.32. The maximum atomic E-state index is 12.9. The van der Waals surface area contributed by atoms with Crippen molar-refractivity contribution in [3.63, 3.8) is 0 Å². The van der Waals surface area contributed by atoms with Crippen molar-refractivity contribution in [2.75, 3.05) is 20.7 Å². The SMILES string of the molecule is CCOC(=O)c1c(CN(C)C)n(C)c2cc(-c3cccnc3)c(OC(C)C)cc12. The lowest BCUT2D eigenvalue weighted by molar-refractivity contribution is 0.0526. The Hall–Kier alpha value is -2.86. The van der Waals surface area contributed by atoms with E-state index in [4.69, 9.17) is 9.47 Å². The molecule has 154 valence electrons. The molecule has 6 nitrogen and oxygen atoms in total. The molecule has 0 amide bonds. The average Bonchev–Trinajstić information content (AvgIpc) is 2.92. The van der Waals surface area contributed by atoms with Gasteiger partial charge in [0, 0.05) is 53.7 Å². The second kappa shape index (κ2) is 8.66. The van der Waals surface area contributed by atoms with Crippen molar-refractivity contribution in [2.24, 2.45) is 7.05 Å². The van der Waals surface area contributed by atoms with E-state index >= 15 is 0 Å². The summed E-state index contributed by atoms with van der Waals surface area (Å²) in [4.78, 5) is 19.2. The monoisotopic (exact) mass is 395 g/mol. The number of carbonyl (C=O) groups is 1. The first-order valence-corrected chi connectivity index (χ1v) is 9.87. The zero-order valence-electron chi connectivity index (χ0n) is 18.0. The van der Waals surface area contributed by atoms with Crippen LogP contribution in [0.2, 0.25) is 0 Å². The molecule has 0 bridgehead atoms. The van der Waals surface area contributed by atoms with Crippen molar-refractivity contribution in [1.82, 2.24) is 14.5 Å². The summed E-state index contributed by atoms with van der Waals surface area (Å²) < 4.78 is 13.6.